The number of amides is 1. The van der Waals surface area contributed by atoms with Crippen LogP contribution in [0.3, 0.4) is 0 Å². The number of piperidine rings is 1. The first-order valence-corrected chi connectivity index (χ1v) is 17.4. The second-order valence-electron chi connectivity index (χ2n) is 14.8. The number of benzene rings is 2. The fourth-order valence-electron chi connectivity index (χ4n) is 7.68. The number of halogens is 3. The highest BCUT2D eigenvalue weighted by atomic mass is 19.4. The third-order valence-corrected chi connectivity index (χ3v) is 10.8. The number of rotatable bonds is 6. The highest BCUT2D eigenvalue weighted by molar-refractivity contribution is 6.10. The van der Waals surface area contributed by atoms with Crippen LogP contribution >= 0.6 is 0 Å². The standard InChI is InChI=1S/C33H40F3N5O.C4H7N3/c1-32(2)21-38-8-10-40(32)19-22-5-4-9-39(17-22)18-24-13-28-29(30(14-24)33(34,35)36)20-41(31(28)42)27-7-3-6-25(15-27)26-11-23(12-26)16-37;1-4-6-5-3-7(4)2/h3,6-7,13-15,22-23,26,38H,4-5,8-12,17-21H2,1-2H3;3H,1-2H3. The first kappa shape index (κ1) is 35.1. The quantitative estimate of drug-likeness (QED) is 0.348. The molecule has 2 saturated heterocycles. The zero-order chi connectivity index (χ0) is 34.9. The van der Waals surface area contributed by atoms with Crippen molar-refractivity contribution in [3.05, 3.63) is 76.4 Å². The van der Waals surface area contributed by atoms with E-state index in [-0.39, 0.29) is 41.0 Å². The lowest BCUT2D eigenvalue weighted by Gasteiger charge is -2.45. The van der Waals surface area contributed by atoms with Crippen molar-refractivity contribution in [2.45, 2.75) is 77.2 Å². The van der Waals surface area contributed by atoms with E-state index in [1.54, 1.807) is 18.5 Å². The van der Waals surface area contributed by atoms with Crippen LogP contribution in [0.5, 0.6) is 0 Å². The van der Waals surface area contributed by atoms with E-state index in [0.717, 1.165) is 76.3 Å². The molecule has 1 N–H and O–H groups in total. The van der Waals surface area contributed by atoms with Gasteiger partial charge < -0.3 is 14.8 Å². The van der Waals surface area contributed by atoms with E-state index in [4.69, 9.17) is 5.26 Å². The Hall–Kier alpha value is -3.79. The average Bonchev–Trinajstić information content (AvgIpc) is 3.58. The van der Waals surface area contributed by atoms with Crippen LogP contribution in [-0.2, 0) is 26.3 Å². The van der Waals surface area contributed by atoms with Gasteiger partial charge in [-0.1, -0.05) is 12.1 Å². The van der Waals surface area contributed by atoms with E-state index < -0.39 is 11.7 Å². The third-order valence-electron chi connectivity index (χ3n) is 10.8. The Kier molecular flexibility index (Phi) is 10.2. The van der Waals surface area contributed by atoms with Crippen LogP contribution in [0.2, 0.25) is 0 Å². The molecule has 7 rings (SSSR count). The van der Waals surface area contributed by atoms with E-state index in [0.29, 0.717) is 23.7 Å². The normalized spacial score (nSPS) is 24.1. The molecule has 49 heavy (non-hydrogen) atoms. The number of anilines is 1. The van der Waals surface area contributed by atoms with Crippen molar-refractivity contribution in [2.24, 2.45) is 18.9 Å². The van der Waals surface area contributed by atoms with Gasteiger partial charge in [0.15, 0.2) is 0 Å². The molecule has 3 aromatic rings. The zero-order valence-corrected chi connectivity index (χ0v) is 28.9. The second kappa shape index (κ2) is 14.2. The van der Waals surface area contributed by atoms with Gasteiger partial charge >= 0.3 is 6.18 Å². The number of likely N-dealkylation sites (tertiary alicyclic amines) is 1. The summed E-state index contributed by atoms with van der Waals surface area (Å²) in [4.78, 5) is 19.9. The van der Waals surface area contributed by atoms with Crippen LogP contribution in [0.1, 0.15) is 83.9 Å². The first-order chi connectivity index (χ1) is 23.3. The molecule has 0 spiro atoms. The van der Waals surface area contributed by atoms with Crippen LogP contribution in [0.25, 0.3) is 0 Å². The minimum Gasteiger partial charge on any atom is -0.321 e. The molecule has 4 aliphatic rings. The summed E-state index contributed by atoms with van der Waals surface area (Å²) in [6, 6.07) is 12.8. The molecule has 0 bridgehead atoms. The van der Waals surface area contributed by atoms with Crippen LogP contribution in [-0.4, -0.2) is 75.3 Å². The van der Waals surface area contributed by atoms with Crippen molar-refractivity contribution >= 4 is 11.6 Å². The molecular formula is C37H47F3N8O. The Morgan fingerprint density at radius 3 is 2.59 bits per heavy atom. The Bertz CT molecular complexity index is 1670. The largest absolute Gasteiger partial charge is 0.416 e. The molecule has 0 radical (unpaired) electrons. The summed E-state index contributed by atoms with van der Waals surface area (Å²) in [5, 5.41) is 20.0. The Morgan fingerprint density at radius 2 is 1.94 bits per heavy atom. The van der Waals surface area contributed by atoms with Gasteiger partial charge in [-0.2, -0.15) is 18.4 Å². The first-order valence-electron chi connectivity index (χ1n) is 17.4. The topological polar surface area (TPSA) is 93.3 Å². The average molecular weight is 677 g/mol. The fourth-order valence-corrected chi connectivity index (χ4v) is 7.68. The Balaban J connectivity index is 0.000000531. The molecule has 3 aliphatic heterocycles. The lowest BCUT2D eigenvalue weighted by molar-refractivity contribution is -0.138. The molecule has 3 fully saturated rings. The Labute approximate surface area is 287 Å². The van der Waals surface area contributed by atoms with Gasteiger partial charge in [-0.05, 0) is 106 Å². The van der Waals surface area contributed by atoms with E-state index >= 15 is 0 Å². The number of aryl methyl sites for hydroxylation is 2. The molecule has 1 amide bonds. The lowest BCUT2D eigenvalue weighted by atomic mass is 9.72. The number of nitriles is 1. The summed E-state index contributed by atoms with van der Waals surface area (Å²) >= 11 is 0. The van der Waals surface area contributed by atoms with Crippen molar-refractivity contribution in [1.82, 2.24) is 29.9 Å². The van der Waals surface area contributed by atoms with Crippen LogP contribution in [0.4, 0.5) is 18.9 Å². The molecule has 9 nitrogen and oxygen atoms in total. The minimum absolute atomic E-state index is 0.0492. The number of hydrogen-bond acceptors (Lipinski definition) is 7. The summed E-state index contributed by atoms with van der Waals surface area (Å²) in [5.41, 5.74) is 1.80. The summed E-state index contributed by atoms with van der Waals surface area (Å²) in [6.45, 7) is 12.4. The maximum absolute atomic E-state index is 14.4. The number of carbonyl (C=O) groups is 1. The lowest BCUT2D eigenvalue weighted by Crippen LogP contribution is -2.59. The smallest absolute Gasteiger partial charge is 0.321 e. The number of alkyl halides is 3. The maximum Gasteiger partial charge on any atom is 0.416 e. The van der Waals surface area contributed by atoms with E-state index in [2.05, 4.69) is 45.2 Å². The number of nitrogens with one attached hydrogen (secondary N) is 1. The molecule has 1 aliphatic carbocycles. The van der Waals surface area contributed by atoms with Crippen molar-refractivity contribution in [2.75, 3.05) is 44.2 Å². The molecule has 12 heteroatoms. The van der Waals surface area contributed by atoms with Gasteiger partial charge in [0.25, 0.3) is 5.91 Å². The Morgan fingerprint density at radius 1 is 1.14 bits per heavy atom. The van der Waals surface area contributed by atoms with E-state index in [1.807, 2.05) is 36.7 Å². The molecular weight excluding hydrogens is 629 g/mol. The van der Waals surface area contributed by atoms with Crippen LogP contribution < -0.4 is 10.2 Å². The number of nitrogens with zero attached hydrogens (tertiary/aromatic N) is 7. The zero-order valence-electron chi connectivity index (χ0n) is 28.9. The molecule has 4 heterocycles. The molecule has 2 aromatic carbocycles. The van der Waals surface area contributed by atoms with Crippen molar-refractivity contribution in [1.29, 1.82) is 5.26 Å². The van der Waals surface area contributed by atoms with Gasteiger partial charge in [-0.3, -0.25) is 14.6 Å². The SMILES string of the molecule is CC1(C)CNCCN1CC1CCCN(Cc2cc3c(c(C(F)(F)F)c2)CN(c2cccc(C4CC(C#N)C4)c2)C3=O)C1.Cc1nncn1C. The number of hydrogen-bond donors (Lipinski definition) is 1. The maximum atomic E-state index is 14.4. The molecule has 1 aromatic heterocycles. The third kappa shape index (κ3) is 7.84. The van der Waals surface area contributed by atoms with Gasteiger partial charge in [0, 0.05) is 69.0 Å². The summed E-state index contributed by atoms with van der Waals surface area (Å²) in [7, 11) is 1.91. The van der Waals surface area contributed by atoms with Gasteiger partial charge in [0.2, 0.25) is 0 Å². The van der Waals surface area contributed by atoms with Gasteiger partial charge in [-0.15, -0.1) is 10.2 Å². The molecule has 1 saturated carbocycles. The van der Waals surface area contributed by atoms with E-state index in [1.165, 1.54) is 11.0 Å². The monoisotopic (exact) mass is 676 g/mol. The van der Waals surface area contributed by atoms with Crippen molar-refractivity contribution in [3.63, 3.8) is 0 Å². The predicted molar refractivity (Wildman–Crippen MR) is 182 cm³/mol. The number of piperazine rings is 1. The number of carbonyl (C=O) groups excluding carboxylic acids is 1. The van der Waals surface area contributed by atoms with E-state index in [9.17, 15) is 18.0 Å². The number of fused-ring (bicyclic) bond motifs is 1. The van der Waals surface area contributed by atoms with Gasteiger partial charge in [0.1, 0.15) is 12.2 Å². The van der Waals surface area contributed by atoms with Gasteiger partial charge in [-0.25, -0.2) is 0 Å². The highest BCUT2D eigenvalue weighted by Gasteiger charge is 2.41. The fraction of sp³-hybridized carbons (Fsp3) is 0.568. The van der Waals surface area contributed by atoms with Gasteiger partial charge in [0.05, 0.1) is 18.2 Å². The summed E-state index contributed by atoms with van der Waals surface area (Å²) in [6.07, 6.45) is 0.830. The predicted octanol–water partition coefficient (Wildman–Crippen LogP) is 5.90. The highest BCUT2D eigenvalue weighted by Crippen LogP contribution is 2.44. The molecule has 1 atom stereocenters. The van der Waals surface area contributed by atoms with Crippen LogP contribution in [0.15, 0.2) is 42.7 Å². The second-order valence-corrected chi connectivity index (χ2v) is 14.8. The number of aromatic nitrogens is 3. The van der Waals surface area contributed by atoms with Crippen LogP contribution in [0, 0.1) is 30.1 Å². The van der Waals surface area contributed by atoms with Crippen molar-refractivity contribution < 1.29 is 18.0 Å². The summed E-state index contributed by atoms with van der Waals surface area (Å²) in [5.74, 6) is 1.33. The molecule has 262 valence electrons. The summed E-state index contributed by atoms with van der Waals surface area (Å²) < 4.78 is 45.0. The van der Waals surface area contributed by atoms with Crippen molar-refractivity contribution in [3.8, 4) is 6.07 Å². The minimum atomic E-state index is -4.55. The molecule has 1 unspecified atom stereocenters.